The van der Waals surface area contributed by atoms with Gasteiger partial charge in [0.2, 0.25) is 0 Å². The zero-order chi connectivity index (χ0) is 9.42. The van der Waals surface area contributed by atoms with Crippen LogP contribution in [0.15, 0.2) is 3.79 Å². The number of fused-ring (bicyclic) bond motifs is 1. The van der Waals surface area contributed by atoms with E-state index in [1.54, 1.807) is 18.3 Å². The van der Waals surface area contributed by atoms with Crippen LogP contribution in [-0.2, 0) is 12.8 Å². The summed E-state index contributed by atoms with van der Waals surface area (Å²) < 4.78 is 1.03. The molecule has 0 unspecified atom stereocenters. The van der Waals surface area contributed by atoms with Crippen molar-refractivity contribution in [2.75, 3.05) is 0 Å². The molecule has 1 heterocycles. The van der Waals surface area contributed by atoms with E-state index in [0.717, 1.165) is 22.2 Å². The number of thiophene rings is 1. The minimum atomic E-state index is 0.200. The van der Waals surface area contributed by atoms with E-state index >= 15 is 0 Å². The molecule has 0 radical (unpaired) electrons. The first-order valence-electron chi connectivity index (χ1n) is 4.51. The van der Waals surface area contributed by atoms with Crippen molar-refractivity contribution in [2.45, 2.75) is 32.6 Å². The van der Waals surface area contributed by atoms with Crippen molar-refractivity contribution >= 4 is 33.0 Å². The summed E-state index contributed by atoms with van der Waals surface area (Å²) in [5, 5.41) is 0. The summed E-state index contributed by atoms with van der Waals surface area (Å²) in [4.78, 5) is 12.8. The van der Waals surface area contributed by atoms with E-state index in [1.807, 2.05) is 0 Å². The van der Waals surface area contributed by atoms with Gasteiger partial charge in [-0.1, -0.05) is 0 Å². The maximum atomic E-state index is 11.4. The molecule has 0 saturated heterocycles. The minimum Gasteiger partial charge on any atom is -0.294 e. The Labute approximate surface area is 90.3 Å². The van der Waals surface area contributed by atoms with Crippen LogP contribution in [0.5, 0.6) is 0 Å². The fraction of sp³-hybridized carbons (Fsp3) is 0.500. The quantitative estimate of drug-likeness (QED) is 0.704. The van der Waals surface area contributed by atoms with E-state index in [9.17, 15) is 4.79 Å². The Balaban J connectivity index is 2.54. The number of hydrogen-bond donors (Lipinski definition) is 0. The average molecular weight is 259 g/mol. The van der Waals surface area contributed by atoms with Gasteiger partial charge in [-0.15, -0.1) is 11.3 Å². The van der Waals surface area contributed by atoms with Gasteiger partial charge in [-0.2, -0.15) is 0 Å². The molecule has 1 aliphatic rings. The first-order chi connectivity index (χ1) is 6.20. The number of carbonyl (C=O) groups excluding carboxylic acids is 1. The highest BCUT2D eigenvalue weighted by atomic mass is 79.9. The molecule has 1 nitrogen and oxygen atoms in total. The van der Waals surface area contributed by atoms with Gasteiger partial charge in [0.15, 0.2) is 5.78 Å². The van der Waals surface area contributed by atoms with Gasteiger partial charge in [0.25, 0.3) is 0 Å². The molecular weight excluding hydrogens is 248 g/mol. The maximum Gasteiger partial charge on any atom is 0.162 e. The summed E-state index contributed by atoms with van der Waals surface area (Å²) in [5.74, 6) is 0.200. The van der Waals surface area contributed by atoms with E-state index < -0.39 is 0 Å². The molecule has 0 aromatic carbocycles. The first-order valence-corrected chi connectivity index (χ1v) is 6.12. The second-order valence-corrected chi connectivity index (χ2v) is 5.84. The Morgan fingerprint density at radius 3 is 2.77 bits per heavy atom. The zero-order valence-electron chi connectivity index (χ0n) is 7.52. The molecule has 2 rings (SSSR count). The van der Waals surface area contributed by atoms with Gasteiger partial charge in [-0.3, -0.25) is 4.79 Å². The van der Waals surface area contributed by atoms with E-state index in [-0.39, 0.29) is 5.78 Å². The van der Waals surface area contributed by atoms with Crippen molar-refractivity contribution in [3.05, 3.63) is 19.8 Å². The normalized spacial score (nSPS) is 15.5. The Kier molecular flexibility index (Phi) is 2.56. The van der Waals surface area contributed by atoms with E-state index in [0.29, 0.717) is 0 Å². The molecule has 0 amide bonds. The molecule has 70 valence electrons. The van der Waals surface area contributed by atoms with E-state index in [1.165, 1.54) is 23.3 Å². The van der Waals surface area contributed by atoms with Crippen molar-refractivity contribution in [1.82, 2.24) is 0 Å². The van der Waals surface area contributed by atoms with Crippen molar-refractivity contribution in [3.8, 4) is 0 Å². The van der Waals surface area contributed by atoms with Crippen LogP contribution in [0.4, 0.5) is 0 Å². The topological polar surface area (TPSA) is 17.1 Å². The van der Waals surface area contributed by atoms with Crippen LogP contribution in [0.1, 0.15) is 40.6 Å². The van der Waals surface area contributed by atoms with Crippen LogP contribution in [-0.4, -0.2) is 5.78 Å². The van der Waals surface area contributed by atoms with Crippen LogP contribution in [0.25, 0.3) is 0 Å². The van der Waals surface area contributed by atoms with Crippen molar-refractivity contribution in [1.29, 1.82) is 0 Å². The highest BCUT2D eigenvalue weighted by Crippen LogP contribution is 2.37. The predicted octanol–water partition coefficient (Wildman–Crippen LogP) is 3.59. The first kappa shape index (κ1) is 9.41. The third-order valence-corrected chi connectivity index (χ3v) is 4.44. The second kappa shape index (κ2) is 3.54. The van der Waals surface area contributed by atoms with Crippen molar-refractivity contribution in [2.24, 2.45) is 0 Å². The van der Waals surface area contributed by atoms with Crippen LogP contribution in [0.3, 0.4) is 0 Å². The highest BCUT2D eigenvalue weighted by molar-refractivity contribution is 9.11. The third kappa shape index (κ3) is 1.59. The lowest BCUT2D eigenvalue weighted by molar-refractivity contribution is 0.101. The Hall–Kier alpha value is -0.150. The second-order valence-electron chi connectivity index (χ2n) is 3.42. The number of rotatable bonds is 1. The van der Waals surface area contributed by atoms with Gasteiger partial charge in [0.1, 0.15) is 0 Å². The molecule has 1 aromatic rings. The summed E-state index contributed by atoms with van der Waals surface area (Å²) in [6.07, 6.45) is 4.76. The molecule has 0 N–H and O–H groups in total. The standard InChI is InChI=1S/C10H11BrOS/c1-6(12)9-7-4-2-3-5-8(7)13-10(9)11/h2-5H2,1H3. The van der Waals surface area contributed by atoms with Crippen LogP contribution in [0, 0.1) is 0 Å². The maximum absolute atomic E-state index is 11.4. The fourth-order valence-electron chi connectivity index (χ4n) is 1.88. The number of Topliss-reactive ketones (excluding diaryl/α,β-unsaturated/α-hetero) is 1. The summed E-state index contributed by atoms with van der Waals surface area (Å²) in [6, 6.07) is 0. The molecule has 0 saturated carbocycles. The smallest absolute Gasteiger partial charge is 0.162 e. The van der Waals surface area contributed by atoms with E-state index in [4.69, 9.17) is 0 Å². The highest BCUT2D eigenvalue weighted by Gasteiger charge is 2.21. The lowest BCUT2D eigenvalue weighted by Gasteiger charge is -2.11. The Bertz CT molecular complexity index is 354. The average Bonchev–Trinajstić information content (AvgIpc) is 2.39. The lowest BCUT2D eigenvalue weighted by atomic mass is 9.95. The van der Waals surface area contributed by atoms with Gasteiger partial charge in [-0.25, -0.2) is 0 Å². The largest absolute Gasteiger partial charge is 0.294 e. The number of aryl methyl sites for hydroxylation is 1. The van der Waals surface area contributed by atoms with Crippen LogP contribution < -0.4 is 0 Å². The van der Waals surface area contributed by atoms with Crippen LogP contribution >= 0.6 is 27.3 Å². The number of hydrogen-bond acceptors (Lipinski definition) is 2. The predicted molar refractivity (Wildman–Crippen MR) is 58.7 cm³/mol. The Morgan fingerprint density at radius 2 is 2.08 bits per heavy atom. The third-order valence-electron chi connectivity index (χ3n) is 2.48. The van der Waals surface area contributed by atoms with Gasteiger partial charge in [-0.05, 0) is 54.1 Å². The van der Waals surface area contributed by atoms with Gasteiger partial charge < -0.3 is 0 Å². The van der Waals surface area contributed by atoms with Crippen molar-refractivity contribution < 1.29 is 4.79 Å². The summed E-state index contributed by atoms with van der Waals surface area (Å²) in [5.41, 5.74) is 2.26. The monoisotopic (exact) mass is 258 g/mol. The minimum absolute atomic E-state index is 0.200. The molecule has 3 heteroatoms. The number of ketones is 1. The van der Waals surface area contributed by atoms with Crippen LogP contribution in [0.2, 0.25) is 0 Å². The lowest BCUT2D eigenvalue weighted by Crippen LogP contribution is -2.03. The molecular formula is C10H11BrOS. The number of halogens is 1. The molecule has 0 fully saturated rings. The molecule has 0 bridgehead atoms. The van der Waals surface area contributed by atoms with Gasteiger partial charge in [0.05, 0.1) is 3.79 Å². The van der Waals surface area contributed by atoms with Crippen molar-refractivity contribution in [3.63, 3.8) is 0 Å². The molecule has 1 aromatic heterocycles. The molecule has 0 aliphatic heterocycles. The number of carbonyl (C=O) groups is 1. The van der Waals surface area contributed by atoms with E-state index in [2.05, 4.69) is 15.9 Å². The molecule has 0 atom stereocenters. The fourth-order valence-corrected chi connectivity index (χ4v) is 4.15. The summed E-state index contributed by atoms with van der Waals surface area (Å²) in [6.45, 7) is 1.65. The Morgan fingerprint density at radius 1 is 1.38 bits per heavy atom. The van der Waals surface area contributed by atoms with Gasteiger partial charge in [0, 0.05) is 10.4 Å². The molecule has 13 heavy (non-hydrogen) atoms. The zero-order valence-corrected chi connectivity index (χ0v) is 9.93. The summed E-state index contributed by atoms with van der Waals surface area (Å²) >= 11 is 5.22. The van der Waals surface area contributed by atoms with Gasteiger partial charge >= 0.3 is 0 Å². The SMILES string of the molecule is CC(=O)c1c(Br)sc2c1CCCC2. The molecule has 1 aliphatic carbocycles. The molecule has 0 spiro atoms. The summed E-state index contributed by atoms with van der Waals surface area (Å²) in [7, 11) is 0.